The van der Waals surface area contributed by atoms with Crippen LogP contribution in [0, 0.1) is 5.92 Å². The van der Waals surface area contributed by atoms with Crippen LogP contribution in [0.3, 0.4) is 0 Å². The van der Waals surface area contributed by atoms with Crippen LogP contribution in [0.25, 0.3) is 0 Å². The van der Waals surface area contributed by atoms with Gasteiger partial charge in [-0.3, -0.25) is 9.40 Å². The van der Waals surface area contributed by atoms with Gasteiger partial charge in [-0.15, -0.1) is 0 Å². The maximum absolute atomic E-state index is 12.6. The summed E-state index contributed by atoms with van der Waals surface area (Å²) in [6.07, 6.45) is 0.276. The molecule has 0 radical (unpaired) electrons. The highest BCUT2D eigenvalue weighted by Gasteiger charge is 2.30. The third kappa shape index (κ3) is 4.55. The van der Waals surface area contributed by atoms with Crippen LogP contribution in [0.4, 0.5) is 18.9 Å². The lowest BCUT2D eigenvalue weighted by molar-refractivity contribution is -0.137. The van der Waals surface area contributed by atoms with E-state index in [1.54, 1.807) is 10.9 Å². The topological polar surface area (TPSA) is 73.2 Å². The first-order chi connectivity index (χ1) is 12.2. The Morgan fingerprint density at radius 2 is 1.85 bits per heavy atom. The zero-order valence-corrected chi connectivity index (χ0v) is 14.6. The molecule has 1 aliphatic rings. The maximum atomic E-state index is 12.6. The maximum Gasteiger partial charge on any atom is 0.416 e. The summed E-state index contributed by atoms with van der Waals surface area (Å²) in [5.41, 5.74) is -0.641. The molecule has 0 saturated carbocycles. The van der Waals surface area contributed by atoms with Crippen molar-refractivity contribution in [2.75, 3.05) is 17.9 Å². The van der Waals surface area contributed by atoms with Crippen molar-refractivity contribution >= 4 is 15.7 Å². The van der Waals surface area contributed by atoms with Crippen LogP contribution in [0.5, 0.6) is 0 Å². The Labute approximate surface area is 149 Å². The number of benzene rings is 1. The molecule has 0 amide bonds. The van der Waals surface area contributed by atoms with E-state index in [-0.39, 0.29) is 10.6 Å². The van der Waals surface area contributed by atoms with Crippen LogP contribution in [-0.2, 0) is 27.5 Å². The quantitative estimate of drug-likeness (QED) is 0.853. The molecule has 1 N–H and O–H groups in total. The van der Waals surface area contributed by atoms with Crippen LogP contribution >= 0.6 is 0 Å². The van der Waals surface area contributed by atoms with Crippen molar-refractivity contribution in [2.45, 2.75) is 30.5 Å². The molecule has 2 heterocycles. The van der Waals surface area contributed by atoms with E-state index in [0.29, 0.717) is 25.7 Å². The average molecular weight is 389 g/mol. The van der Waals surface area contributed by atoms with Gasteiger partial charge in [0, 0.05) is 26.0 Å². The second-order valence-electron chi connectivity index (χ2n) is 6.13. The summed E-state index contributed by atoms with van der Waals surface area (Å²) in [4.78, 5) is -0.248. The molecule has 1 fully saturated rings. The largest absolute Gasteiger partial charge is 0.416 e. The van der Waals surface area contributed by atoms with Gasteiger partial charge in [-0.1, -0.05) is 0 Å². The Morgan fingerprint density at radius 1 is 1.19 bits per heavy atom. The zero-order chi connectivity index (χ0) is 18.8. The number of alkyl halides is 3. The molecule has 2 aromatic rings. The van der Waals surface area contributed by atoms with E-state index in [2.05, 4.69) is 9.82 Å². The fourth-order valence-corrected chi connectivity index (χ4v) is 3.77. The fraction of sp³-hybridized carbons (Fsp3) is 0.438. The molecule has 1 aliphatic heterocycles. The molecular formula is C16H18F3N3O3S. The normalized spacial score (nSPS) is 16.6. The summed E-state index contributed by atoms with van der Waals surface area (Å²) < 4.78 is 71.6. The van der Waals surface area contributed by atoms with E-state index in [0.717, 1.165) is 37.1 Å². The second-order valence-corrected chi connectivity index (χ2v) is 7.82. The third-order valence-electron chi connectivity index (χ3n) is 4.16. The van der Waals surface area contributed by atoms with Crippen LogP contribution in [0.2, 0.25) is 0 Å². The molecule has 0 spiro atoms. The fourth-order valence-electron chi connectivity index (χ4n) is 2.75. The zero-order valence-electron chi connectivity index (χ0n) is 13.7. The average Bonchev–Trinajstić information content (AvgIpc) is 3.01. The lowest BCUT2D eigenvalue weighted by atomic mass is 10.0. The van der Waals surface area contributed by atoms with E-state index in [4.69, 9.17) is 4.74 Å². The van der Waals surface area contributed by atoms with Crippen molar-refractivity contribution in [1.82, 2.24) is 9.78 Å². The van der Waals surface area contributed by atoms with Crippen molar-refractivity contribution in [3.63, 3.8) is 0 Å². The van der Waals surface area contributed by atoms with E-state index < -0.39 is 21.8 Å². The van der Waals surface area contributed by atoms with Gasteiger partial charge in [0.15, 0.2) is 0 Å². The first-order valence-electron chi connectivity index (χ1n) is 8.04. The predicted molar refractivity (Wildman–Crippen MR) is 88.0 cm³/mol. The smallest absolute Gasteiger partial charge is 0.381 e. The molecule has 142 valence electrons. The van der Waals surface area contributed by atoms with Gasteiger partial charge in [-0.25, -0.2) is 8.42 Å². The molecule has 0 aliphatic carbocycles. The van der Waals surface area contributed by atoms with Crippen molar-refractivity contribution in [2.24, 2.45) is 5.92 Å². The molecule has 0 atom stereocenters. The predicted octanol–water partition coefficient (Wildman–Crippen LogP) is 3.13. The number of hydrogen-bond donors (Lipinski definition) is 1. The Morgan fingerprint density at radius 3 is 2.46 bits per heavy atom. The summed E-state index contributed by atoms with van der Waals surface area (Å²) in [6, 6.07) is 3.33. The van der Waals surface area contributed by atoms with Crippen LogP contribution in [0.1, 0.15) is 18.4 Å². The summed E-state index contributed by atoms with van der Waals surface area (Å²) in [5.74, 6) is 0.419. The Kier molecular flexibility index (Phi) is 5.24. The molecule has 1 aromatic carbocycles. The highest BCUT2D eigenvalue weighted by atomic mass is 32.2. The van der Waals surface area contributed by atoms with Gasteiger partial charge in [0.05, 0.1) is 22.3 Å². The molecule has 0 unspecified atom stereocenters. The van der Waals surface area contributed by atoms with Crippen LogP contribution < -0.4 is 4.72 Å². The number of anilines is 1. The molecule has 3 rings (SSSR count). The van der Waals surface area contributed by atoms with Gasteiger partial charge in [0.1, 0.15) is 0 Å². The number of rotatable bonds is 5. The summed E-state index contributed by atoms with van der Waals surface area (Å²) >= 11 is 0. The standard InChI is InChI=1S/C16H18F3N3O3S/c17-16(18,19)13-1-3-15(4-2-13)26(23,24)21-14-9-20-22(11-14)10-12-5-7-25-8-6-12/h1-4,9,11-12,21H,5-8,10H2. The lowest BCUT2D eigenvalue weighted by Gasteiger charge is -2.21. The van der Waals surface area contributed by atoms with Gasteiger partial charge < -0.3 is 4.74 Å². The van der Waals surface area contributed by atoms with Crippen LogP contribution in [0.15, 0.2) is 41.6 Å². The minimum atomic E-state index is -4.51. The number of hydrogen-bond acceptors (Lipinski definition) is 4. The number of nitrogens with one attached hydrogen (secondary N) is 1. The van der Waals surface area contributed by atoms with Gasteiger partial charge in [-0.05, 0) is 43.0 Å². The van der Waals surface area contributed by atoms with Crippen molar-refractivity contribution in [3.05, 3.63) is 42.2 Å². The number of sulfonamides is 1. The first-order valence-corrected chi connectivity index (χ1v) is 9.53. The third-order valence-corrected chi connectivity index (χ3v) is 5.56. The molecular weight excluding hydrogens is 371 g/mol. The number of halogens is 3. The molecule has 6 nitrogen and oxygen atoms in total. The minimum absolute atomic E-state index is 0.248. The van der Waals surface area contributed by atoms with Gasteiger partial charge in [0.2, 0.25) is 0 Å². The molecule has 10 heteroatoms. The molecule has 1 aromatic heterocycles. The molecule has 1 saturated heterocycles. The van der Waals surface area contributed by atoms with E-state index in [1.807, 2.05) is 0 Å². The summed E-state index contributed by atoms with van der Waals surface area (Å²) in [7, 11) is -3.99. The Bertz CT molecular complexity index is 842. The number of ether oxygens (including phenoxy) is 1. The number of aromatic nitrogens is 2. The molecule has 0 bridgehead atoms. The monoisotopic (exact) mass is 389 g/mol. The lowest BCUT2D eigenvalue weighted by Crippen LogP contribution is -2.20. The van der Waals surface area contributed by atoms with Gasteiger partial charge in [0.25, 0.3) is 10.0 Å². The highest BCUT2D eigenvalue weighted by molar-refractivity contribution is 7.92. The summed E-state index contributed by atoms with van der Waals surface area (Å²) in [6.45, 7) is 2.07. The van der Waals surface area contributed by atoms with Crippen molar-refractivity contribution in [1.29, 1.82) is 0 Å². The van der Waals surface area contributed by atoms with E-state index in [1.165, 1.54) is 6.20 Å². The van der Waals surface area contributed by atoms with E-state index >= 15 is 0 Å². The Balaban J connectivity index is 1.67. The highest BCUT2D eigenvalue weighted by Crippen LogP contribution is 2.30. The van der Waals surface area contributed by atoms with Crippen molar-refractivity contribution < 1.29 is 26.3 Å². The minimum Gasteiger partial charge on any atom is -0.381 e. The summed E-state index contributed by atoms with van der Waals surface area (Å²) in [5, 5.41) is 4.13. The number of nitrogens with zero attached hydrogens (tertiary/aromatic N) is 2. The van der Waals surface area contributed by atoms with Crippen LogP contribution in [-0.4, -0.2) is 31.4 Å². The van der Waals surface area contributed by atoms with E-state index in [9.17, 15) is 21.6 Å². The van der Waals surface area contributed by atoms with Gasteiger partial charge in [-0.2, -0.15) is 18.3 Å². The second kappa shape index (κ2) is 7.28. The van der Waals surface area contributed by atoms with Gasteiger partial charge >= 0.3 is 6.18 Å². The Hall–Kier alpha value is -2.07. The van der Waals surface area contributed by atoms with Crippen molar-refractivity contribution in [3.8, 4) is 0 Å². The SMILES string of the molecule is O=S(=O)(Nc1cnn(CC2CCOCC2)c1)c1ccc(C(F)(F)F)cc1. The first kappa shape index (κ1) is 18.7. The molecule has 26 heavy (non-hydrogen) atoms.